The molecule has 3 N–H and O–H groups in total. The van der Waals surface area contributed by atoms with E-state index in [9.17, 15) is 4.79 Å². The molecule has 1 heterocycles. The van der Waals surface area contributed by atoms with E-state index >= 15 is 0 Å². The summed E-state index contributed by atoms with van der Waals surface area (Å²) in [6.07, 6.45) is 6.58. The molecule has 1 atom stereocenters. The minimum absolute atomic E-state index is 0.0364. The Morgan fingerprint density at radius 3 is 2.50 bits per heavy atom. The fourth-order valence-corrected chi connectivity index (χ4v) is 3.05. The number of carbonyl (C=O) groups is 1. The predicted molar refractivity (Wildman–Crippen MR) is 73.4 cm³/mol. The summed E-state index contributed by atoms with van der Waals surface area (Å²) in [5, 5.41) is 9.61. The van der Waals surface area contributed by atoms with Crippen molar-refractivity contribution in [1.29, 1.82) is 0 Å². The minimum Gasteiger partial charge on any atom is -0.354 e. The number of nitrogens with one attached hydrogen (secondary N) is 3. The summed E-state index contributed by atoms with van der Waals surface area (Å²) in [5.74, 6) is 1.80. The van der Waals surface area contributed by atoms with Crippen LogP contribution in [-0.4, -0.2) is 38.1 Å². The first-order valence-corrected chi connectivity index (χ1v) is 7.51. The third-order valence-corrected chi connectivity index (χ3v) is 4.47. The zero-order valence-electron chi connectivity index (χ0n) is 11.5. The average molecular weight is 253 g/mol. The SMILES string of the molecule is CCC1CCC(CNC(=O)C2CNCCN2)CC1. The van der Waals surface area contributed by atoms with Gasteiger partial charge in [0.25, 0.3) is 0 Å². The molecule has 0 radical (unpaired) electrons. The van der Waals surface area contributed by atoms with Crippen molar-refractivity contribution in [3.05, 3.63) is 0 Å². The molecule has 1 aliphatic heterocycles. The molecule has 18 heavy (non-hydrogen) atoms. The molecule has 104 valence electrons. The van der Waals surface area contributed by atoms with E-state index in [0.717, 1.165) is 32.1 Å². The molecule has 2 rings (SSSR count). The Balaban J connectivity index is 1.63. The van der Waals surface area contributed by atoms with E-state index < -0.39 is 0 Å². The van der Waals surface area contributed by atoms with E-state index in [1.165, 1.54) is 32.1 Å². The normalized spacial score (nSPS) is 33.1. The Morgan fingerprint density at radius 2 is 1.89 bits per heavy atom. The lowest BCUT2D eigenvalue weighted by Crippen LogP contribution is -2.56. The van der Waals surface area contributed by atoms with E-state index in [0.29, 0.717) is 5.92 Å². The highest BCUT2D eigenvalue weighted by Crippen LogP contribution is 2.30. The van der Waals surface area contributed by atoms with Crippen LogP contribution in [0, 0.1) is 11.8 Å². The second kappa shape index (κ2) is 7.10. The fourth-order valence-electron chi connectivity index (χ4n) is 3.05. The lowest BCUT2D eigenvalue weighted by Gasteiger charge is -2.29. The third-order valence-electron chi connectivity index (χ3n) is 4.47. The van der Waals surface area contributed by atoms with Crippen LogP contribution < -0.4 is 16.0 Å². The summed E-state index contributed by atoms with van der Waals surface area (Å²) >= 11 is 0. The van der Waals surface area contributed by atoms with E-state index in [1.54, 1.807) is 0 Å². The molecule has 2 aliphatic rings. The molecular formula is C14H27N3O. The van der Waals surface area contributed by atoms with Gasteiger partial charge in [-0.25, -0.2) is 0 Å². The Morgan fingerprint density at radius 1 is 1.17 bits per heavy atom. The van der Waals surface area contributed by atoms with Gasteiger partial charge in [0.05, 0.1) is 6.04 Å². The molecule has 4 nitrogen and oxygen atoms in total. The number of hydrogen-bond acceptors (Lipinski definition) is 3. The van der Waals surface area contributed by atoms with Crippen molar-refractivity contribution in [2.75, 3.05) is 26.2 Å². The highest BCUT2D eigenvalue weighted by molar-refractivity contribution is 5.82. The van der Waals surface area contributed by atoms with E-state index in [-0.39, 0.29) is 11.9 Å². The number of piperazine rings is 1. The molecule has 0 bridgehead atoms. The molecule has 1 aliphatic carbocycles. The van der Waals surface area contributed by atoms with E-state index in [2.05, 4.69) is 22.9 Å². The Labute approximate surface area is 110 Å². The van der Waals surface area contributed by atoms with Crippen molar-refractivity contribution in [3.63, 3.8) is 0 Å². The molecule has 0 aromatic heterocycles. The molecule has 1 saturated heterocycles. The Hall–Kier alpha value is -0.610. The van der Waals surface area contributed by atoms with Crippen LogP contribution >= 0.6 is 0 Å². The Kier molecular flexibility index (Phi) is 5.45. The van der Waals surface area contributed by atoms with Gasteiger partial charge in [-0.15, -0.1) is 0 Å². The number of carbonyl (C=O) groups excluding carboxylic acids is 1. The van der Waals surface area contributed by atoms with Crippen molar-refractivity contribution < 1.29 is 4.79 Å². The van der Waals surface area contributed by atoms with Crippen molar-refractivity contribution in [1.82, 2.24) is 16.0 Å². The van der Waals surface area contributed by atoms with Crippen LogP contribution in [-0.2, 0) is 4.79 Å². The monoisotopic (exact) mass is 253 g/mol. The smallest absolute Gasteiger partial charge is 0.238 e. The van der Waals surface area contributed by atoms with E-state index in [1.807, 2.05) is 0 Å². The summed E-state index contributed by atoms with van der Waals surface area (Å²) in [6, 6.07) is -0.0364. The van der Waals surface area contributed by atoms with Crippen molar-refractivity contribution in [2.24, 2.45) is 11.8 Å². The average Bonchev–Trinajstić information content (AvgIpc) is 2.46. The Bertz CT molecular complexity index is 256. The topological polar surface area (TPSA) is 53.2 Å². The van der Waals surface area contributed by atoms with Crippen LogP contribution in [0.3, 0.4) is 0 Å². The van der Waals surface area contributed by atoms with Gasteiger partial charge in [-0.2, -0.15) is 0 Å². The van der Waals surface area contributed by atoms with Crippen LogP contribution in [0.15, 0.2) is 0 Å². The first-order chi connectivity index (χ1) is 8.79. The van der Waals surface area contributed by atoms with Gasteiger partial charge < -0.3 is 16.0 Å². The summed E-state index contributed by atoms with van der Waals surface area (Å²) in [4.78, 5) is 11.9. The maximum Gasteiger partial charge on any atom is 0.238 e. The molecular weight excluding hydrogens is 226 g/mol. The summed E-state index contributed by atoms with van der Waals surface area (Å²) in [6.45, 7) is 5.76. The predicted octanol–water partition coefficient (Wildman–Crippen LogP) is 0.880. The van der Waals surface area contributed by atoms with Crippen molar-refractivity contribution in [3.8, 4) is 0 Å². The van der Waals surface area contributed by atoms with E-state index in [4.69, 9.17) is 0 Å². The summed E-state index contributed by atoms with van der Waals surface area (Å²) < 4.78 is 0. The molecule has 1 unspecified atom stereocenters. The van der Waals surface area contributed by atoms with Gasteiger partial charge in [0, 0.05) is 26.2 Å². The first-order valence-electron chi connectivity index (χ1n) is 7.51. The van der Waals surface area contributed by atoms with Gasteiger partial charge in [-0.1, -0.05) is 26.2 Å². The van der Waals surface area contributed by atoms with Crippen molar-refractivity contribution in [2.45, 2.75) is 45.1 Å². The number of rotatable bonds is 4. The highest BCUT2D eigenvalue weighted by atomic mass is 16.2. The lowest BCUT2D eigenvalue weighted by molar-refractivity contribution is -0.123. The third kappa shape index (κ3) is 3.95. The highest BCUT2D eigenvalue weighted by Gasteiger charge is 2.23. The number of amides is 1. The molecule has 1 saturated carbocycles. The zero-order valence-corrected chi connectivity index (χ0v) is 11.5. The van der Waals surface area contributed by atoms with Crippen LogP contribution in [0.4, 0.5) is 0 Å². The van der Waals surface area contributed by atoms with Crippen LogP contribution in [0.5, 0.6) is 0 Å². The maximum atomic E-state index is 11.9. The van der Waals surface area contributed by atoms with Gasteiger partial charge in [0.15, 0.2) is 0 Å². The van der Waals surface area contributed by atoms with Crippen LogP contribution in [0.1, 0.15) is 39.0 Å². The standard InChI is InChI=1S/C14H27N3O/c1-2-11-3-5-12(6-4-11)9-17-14(18)13-10-15-7-8-16-13/h11-13,15-16H,2-10H2,1H3,(H,17,18). The van der Waals surface area contributed by atoms with Gasteiger partial charge in [-0.3, -0.25) is 4.79 Å². The van der Waals surface area contributed by atoms with Gasteiger partial charge in [0.1, 0.15) is 0 Å². The lowest BCUT2D eigenvalue weighted by atomic mass is 9.81. The second-order valence-corrected chi connectivity index (χ2v) is 5.75. The first kappa shape index (κ1) is 13.8. The van der Waals surface area contributed by atoms with Crippen molar-refractivity contribution >= 4 is 5.91 Å². The van der Waals surface area contributed by atoms with Gasteiger partial charge in [0.2, 0.25) is 5.91 Å². The molecule has 4 heteroatoms. The molecule has 1 amide bonds. The maximum absolute atomic E-state index is 11.9. The second-order valence-electron chi connectivity index (χ2n) is 5.75. The zero-order chi connectivity index (χ0) is 12.8. The minimum atomic E-state index is -0.0364. The van der Waals surface area contributed by atoms with Gasteiger partial charge >= 0.3 is 0 Å². The fraction of sp³-hybridized carbons (Fsp3) is 0.929. The largest absolute Gasteiger partial charge is 0.354 e. The quantitative estimate of drug-likeness (QED) is 0.697. The molecule has 2 fully saturated rings. The summed E-state index contributed by atoms with van der Waals surface area (Å²) in [7, 11) is 0. The molecule has 0 aromatic carbocycles. The van der Waals surface area contributed by atoms with Crippen LogP contribution in [0.25, 0.3) is 0 Å². The van der Waals surface area contributed by atoms with Gasteiger partial charge in [-0.05, 0) is 24.7 Å². The molecule has 0 aromatic rings. The summed E-state index contributed by atoms with van der Waals surface area (Å²) in [5.41, 5.74) is 0. The molecule has 0 spiro atoms. The van der Waals surface area contributed by atoms with Crippen LogP contribution in [0.2, 0.25) is 0 Å². The number of hydrogen-bond donors (Lipinski definition) is 3.